The summed E-state index contributed by atoms with van der Waals surface area (Å²) < 4.78 is 87.0. The number of aromatic amines is 1. The summed E-state index contributed by atoms with van der Waals surface area (Å²) in [5.74, 6) is 0.133. The Morgan fingerprint density at radius 2 is 1.83 bits per heavy atom. The van der Waals surface area contributed by atoms with Crippen molar-refractivity contribution in [2.45, 2.75) is 41.0 Å². The van der Waals surface area contributed by atoms with Crippen LogP contribution in [0.1, 0.15) is 31.2 Å². The van der Waals surface area contributed by atoms with Crippen LogP contribution in [0.25, 0.3) is 22.6 Å². The van der Waals surface area contributed by atoms with Gasteiger partial charge < -0.3 is 4.98 Å². The number of halogens is 3. The molecule has 0 amide bonds. The predicted molar refractivity (Wildman–Crippen MR) is 102 cm³/mol. The maximum atomic E-state index is 12.8. The second kappa shape index (κ2) is 6.77. The number of pyridine rings is 1. The first-order chi connectivity index (χ1) is 13.9. The molecule has 0 bridgehead atoms. The van der Waals surface area contributed by atoms with Crippen LogP contribution in [0.3, 0.4) is 0 Å². The van der Waals surface area contributed by atoms with Crippen molar-refractivity contribution in [2.24, 2.45) is 0 Å². The molecule has 0 atom stereocenters. The Morgan fingerprint density at radius 3 is 2.43 bits per heavy atom. The van der Waals surface area contributed by atoms with Gasteiger partial charge in [-0.3, -0.25) is 4.98 Å². The summed E-state index contributed by atoms with van der Waals surface area (Å²) in [5.41, 5.74) is -4.40. The van der Waals surface area contributed by atoms with Crippen molar-refractivity contribution in [3.8, 4) is 11.5 Å². The van der Waals surface area contributed by atoms with Gasteiger partial charge in [-0.25, -0.2) is 21.8 Å². The van der Waals surface area contributed by atoms with Crippen molar-refractivity contribution in [1.82, 2.24) is 15.0 Å². The van der Waals surface area contributed by atoms with Crippen molar-refractivity contribution in [1.29, 1.82) is 0 Å². The monoisotopic (exact) mass is 459 g/mol. The molecule has 7 nitrogen and oxygen atoms in total. The first-order valence-corrected chi connectivity index (χ1v) is 12.1. The lowest BCUT2D eigenvalue weighted by Crippen LogP contribution is -2.23. The molecule has 2 aromatic heterocycles. The number of alkyl halides is 3. The zero-order valence-corrected chi connectivity index (χ0v) is 17.2. The fraction of sp³-hybridized carbons (Fsp3) is 0.333. The van der Waals surface area contributed by atoms with Gasteiger partial charge in [0.1, 0.15) is 5.69 Å². The maximum Gasteiger partial charge on any atom is 0.501 e. The summed E-state index contributed by atoms with van der Waals surface area (Å²) in [6.45, 7) is 1.50. The van der Waals surface area contributed by atoms with Crippen LogP contribution in [-0.2, 0) is 19.7 Å². The highest BCUT2D eigenvalue weighted by atomic mass is 32.2. The molecular weight excluding hydrogens is 443 g/mol. The highest BCUT2D eigenvalue weighted by molar-refractivity contribution is 7.92. The van der Waals surface area contributed by atoms with Crippen LogP contribution in [0.2, 0.25) is 0 Å². The number of benzene rings is 1. The van der Waals surface area contributed by atoms with Crippen LogP contribution in [0, 0.1) is 0 Å². The Balaban J connectivity index is 1.86. The average Bonchev–Trinajstić information content (AvgIpc) is 3.45. The molecule has 30 heavy (non-hydrogen) atoms. The molecule has 0 unspecified atom stereocenters. The van der Waals surface area contributed by atoms with Gasteiger partial charge in [0.2, 0.25) is 0 Å². The third-order valence-corrected chi connectivity index (χ3v) is 8.16. The highest BCUT2D eigenvalue weighted by Crippen LogP contribution is 2.41. The van der Waals surface area contributed by atoms with Crippen molar-refractivity contribution in [3.63, 3.8) is 0 Å². The molecule has 12 heteroatoms. The van der Waals surface area contributed by atoms with E-state index in [1.165, 1.54) is 6.92 Å². The minimum Gasteiger partial charge on any atom is -0.337 e. The Labute approximate surface area is 170 Å². The summed E-state index contributed by atoms with van der Waals surface area (Å²) in [5, 5.41) is 0. The quantitative estimate of drug-likeness (QED) is 0.624. The Bertz CT molecular complexity index is 1360. The molecule has 0 saturated heterocycles. The van der Waals surface area contributed by atoms with E-state index in [0.717, 1.165) is 36.6 Å². The van der Waals surface area contributed by atoms with Crippen LogP contribution < -0.4 is 0 Å². The molecule has 1 fully saturated rings. The van der Waals surface area contributed by atoms with E-state index in [9.17, 15) is 30.0 Å². The number of hydrogen-bond acceptors (Lipinski definition) is 6. The van der Waals surface area contributed by atoms with E-state index in [2.05, 4.69) is 15.0 Å². The highest BCUT2D eigenvalue weighted by Gasteiger charge is 2.47. The van der Waals surface area contributed by atoms with Gasteiger partial charge in [-0.05, 0) is 48.6 Å². The topological polar surface area (TPSA) is 110 Å². The molecule has 1 aliphatic carbocycles. The Hall–Kier alpha value is -2.47. The summed E-state index contributed by atoms with van der Waals surface area (Å²) in [6, 6.07) is 4.33. The van der Waals surface area contributed by atoms with Gasteiger partial charge in [0.15, 0.2) is 15.7 Å². The smallest absolute Gasteiger partial charge is 0.337 e. The molecule has 1 aromatic carbocycles. The number of imidazole rings is 1. The molecule has 0 aliphatic heterocycles. The van der Waals surface area contributed by atoms with Crippen molar-refractivity contribution < 1.29 is 30.0 Å². The van der Waals surface area contributed by atoms with E-state index in [-0.39, 0.29) is 39.1 Å². The summed E-state index contributed by atoms with van der Waals surface area (Å²) in [7, 11) is -9.19. The van der Waals surface area contributed by atoms with Crippen molar-refractivity contribution in [3.05, 3.63) is 36.0 Å². The molecule has 4 rings (SSSR count). The van der Waals surface area contributed by atoms with E-state index in [1.54, 1.807) is 12.3 Å². The number of nitrogens with one attached hydrogen (secondary N) is 1. The molecule has 160 valence electrons. The minimum absolute atomic E-state index is 0.0170. The summed E-state index contributed by atoms with van der Waals surface area (Å²) in [4.78, 5) is 10.2. The fourth-order valence-electron chi connectivity index (χ4n) is 3.07. The molecule has 2 heterocycles. The number of sulfone groups is 2. The van der Waals surface area contributed by atoms with E-state index in [1.807, 2.05) is 0 Å². The van der Waals surface area contributed by atoms with Crippen LogP contribution in [0.4, 0.5) is 13.2 Å². The minimum atomic E-state index is -5.53. The second-order valence-corrected chi connectivity index (χ2v) is 11.2. The lowest BCUT2D eigenvalue weighted by Gasteiger charge is -2.09. The van der Waals surface area contributed by atoms with Crippen LogP contribution >= 0.6 is 0 Å². The fourth-order valence-corrected chi connectivity index (χ4v) is 4.92. The summed E-state index contributed by atoms with van der Waals surface area (Å²) in [6.07, 6.45) is 3.47. The van der Waals surface area contributed by atoms with E-state index in [0.29, 0.717) is 0 Å². The lowest BCUT2D eigenvalue weighted by molar-refractivity contribution is -0.0435. The molecule has 0 spiro atoms. The van der Waals surface area contributed by atoms with Gasteiger partial charge in [-0.15, -0.1) is 0 Å². The van der Waals surface area contributed by atoms with E-state index < -0.39 is 30.1 Å². The summed E-state index contributed by atoms with van der Waals surface area (Å²) >= 11 is 0. The Kier molecular flexibility index (Phi) is 4.69. The lowest BCUT2D eigenvalue weighted by atomic mass is 10.2. The number of aromatic nitrogens is 3. The standard InChI is InChI=1S/C18H16F3N3O4S2/c1-2-29(25,26)15-7-11(10-3-4-10)9-22-16(15)17-23-13-6-5-12(8-14(13)24-17)30(27,28)18(19,20)21/h5-10H,2-4H2,1H3,(H,23,24). The number of nitrogens with zero attached hydrogens (tertiary/aromatic N) is 2. The van der Waals surface area contributed by atoms with Gasteiger partial charge in [0.25, 0.3) is 9.84 Å². The predicted octanol–water partition coefficient (Wildman–Crippen LogP) is 3.59. The van der Waals surface area contributed by atoms with Crippen LogP contribution in [0.5, 0.6) is 0 Å². The molecular formula is C18H16F3N3O4S2. The third-order valence-electron chi connectivity index (χ3n) is 4.93. The van der Waals surface area contributed by atoms with Gasteiger partial charge in [-0.1, -0.05) is 6.92 Å². The van der Waals surface area contributed by atoms with Gasteiger partial charge in [0, 0.05) is 6.20 Å². The van der Waals surface area contributed by atoms with E-state index in [4.69, 9.17) is 0 Å². The normalized spacial score (nSPS) is 15.6. The SMILES string of the molecule is CCS(=O)(=O)c1cc(C2CC2)cnc1-c1nc2cc(S(=O)(=O)C(F)(F)F)ccc2[nH]1. The second-order valence-electron chi connectivity index (χ2n) is 7.01. The number of rotatable bonds is 5. The first-order valence-electron chi connectivity index (χ1n) is 8.98. The van der Waals surface area contributed by atoms with Gasteiger partial charge in [-0.2, -0.15) is 13.2 Å². The largest absolute Gasteiger partial charge is 0.501 e. The molecule has 1 aliphatic rings. The Morgan fingerprint density at radius 1 is 1.13 bits per heavy atom. The van der Waals surface area contributed by atoms with Crippen LogP contribution in [-0.4, -0.2) is 43.0 Å². The maximum absolute atomic E-state index is 12.8. The van der Waals surface area contributed by atoms with E-state index >= 15 is 0 Å². The zero-order chi connectivity index (χ0) is 21.9. The zero-order valence-electron chi connectivity index (χ0n) is 15.6. The number of fused-ring (bicyclic) bond motifs is 1. The number of hydrogen-bond donors (Lipinski definition) is 1. The van der Waals surface area contributed by atoms with Crippen molar-refractivity contribution in [2.75, 3.05) is 5.75 Å². The molecule has 0 radical (unpaired) electrons. The average molecular weight is 459 g/mol. The molecule has 1 N–H and O–H groups in total. The van der Waals surface area contributed by atoms with Crippen molar-refractivity contribution >= 4 is 30.7 Å². The third kappa shape index (κ3) is 3.47. The number of H-pyrrole nitrogens is 1. The molecule has 1 saturated carbocycles. The van der Waals surface area contributed by atoms with Crippen LogP contribution in [0.15, 0.2) is 40.3 Å². The van der Waals surface area contributed by atoms with Gasteiger partial charge >= 0.3 is 5.51 Å². The van der Waals surface area contributed by atoms with Gasteiger partial charge in [0.05, 0.1) is 26.6 Å². The first kappa shape index (κ1) is 20.8. The molecule has 3 aromatic rings.